The number of carbonyl (C=O) groups is 2. The Kier molecular flexibility index (Phi) is 3.73. The maximum absolute atomic E-state index is 12.8. The van der Waals surface area contributed by atoms with Crippen LogP contribution in [0.3, 0.4) is 0 Å². The third-order valence-electron chi connectivity index (χ3n) is 4.55. The highest BCUT2D eigenvalue weighted by Gasteiger charge is 2.65. The topological polar surface area (TPSA) is 66.4 Å². The molecule has 2 aliphatic rings. The van der Waals surface area contributed by atoms with Crippen molar-refractivity contribution in [2.24, 2.45) is 17.8 Å². The molecule has 0 spiro atoms. The first-order chi connectivity index (χ1) is 9.20. The second-order valence-corrected chi connectivity index (χ2v) is 5.87. The summed E-state index contributed by atoms with van der Waals surface area (Å²) in [6, 6.07) is 0. The maximum atomic E-state index is 12.8. The SMILES string of the molecule is CCC1CC(C(=O)O)C(C(=O)NC2(C(F)(F)F)CC2)C1. The molecule has 0 saturated heterocycles. The summed E-state index contributed by atoms with van der Waals surface area (Å²) in [5.74, 6) is -3.49. The molecule has 0 heterocycles. The van der Waals surface area contributed by atoms with E-state index in [9.17, 15) is 22.8 Å². The minimum absolute atomic E-state index is 0.0906. The van der Waals surface area contributed by atoms with Crippen LogP contribution >= 0.6 is 0 Å². The van der Waals surface area contributed by atoms with Gasteiger partial charge in [0.2, 0.25) is 5.91 Å². The minimum Gasteiger partial charge on any atom is -0.481 e. The normalized spacial score (nSPS) is 31.9. The van der Waals surface area contributed by atoms with Crippen molar-refractivity contribution in [2.45, 2.75) is 50.7 Å². The highest BCUT2D eigenvalue weighted by atomic mass is 19.4. The lowest BCUT2D eigenvalue weighted by Gasteiger charge is -2.24. The van der Waals surface area contributed by atoms with Crippen LogP contribution in [0.25, 0.3) is 0 Å². The van der Waals surface area contributed by atoms with E-state index in [1.54, 1.807) is 0 Å². The number of hydrogen-bond donors (Lipinski definition) is 2. The van der Waals surface area contributed by atoms with E-state index in [0.29, 0.717) is 12.8 Å². The molecule has 4 nitrogen and oxygen atoms in total. The van der Waals surface area contributed by atoms with E-state index < -0.39 is 35.4 Å². The molecule has 3 unspecified atom stereocenters. The summed E-state index contributed by atoms with van der Waals surface area (Å²) in [6.07, 6.45) is -3.26. The molecule has 1 amide bonds. The van der Waals surface area contributed by atoms with Crippen molar-refractivity contribution in [3.8, 4) is 0 Å². The predicted octanol–water partition coefficient (Wildman–Crippen LogP) is 2.33. The first-order valence-electron chi connectivity index (χ1n) is 6.81. The molecule has 0 aromatic carbocycles. The summed E-state index contributed by atoms with van der Waals surface area (Å²) >= 11 is 0. The van der Waals surface area contributed by atoms with Crippen molar-refractivity contribution >= 4 is 11.9 Å². The maximum Gasteiger partial charge on any atom is 0.411 e. The van der Waals surface area contributed by atoms with Gasteiger partial charge in [0.25, 0.3) is 0 Å². The molecule has 3 atom stereocenters. The van der Waals surface area contributed by atoms with Crippen LogP contribution in [-0.4, -0.2) is 28.7 Å². The van der Waals surface area contributed by atoms with Gasteiger partial charge >= 0.3 is 12.1 Å². The van der Waals surface area contributed by atoms with Crippen LogP contribution in [0, 0.1) is 17.8 Å². The summed E-state index contributed by atoms with van der Waals surface area (Å²) in [5, 5.41) is 11.2. The van der Waals surface area contributed by atoms with Gasteiger partial charge in [-0.15, -0.1) is 0 Å². The lowest BCUT2D eigenvalue weighted by molar-refractivity contribution is -0.172. The number of aliphatic carboxylic acids is 1. The average molecular weight is 293 g/mol. The molecular formula is C13H18F3NO3. The third-order valence-corrected chi connectivity index (χ3v) is 4.55. The van der Waals surface area contributed by atoms with Gasteiger partial charge in [0.15, 0.2) is 0 Å². The molecule has 0 aromatic heterocycles. The van der Waals surface area contributed by atoms with Crippen molar-refractivity contribution in [2.75, 3.05) is 0 Å². The molecular weight excluding hydrogens is 275 g/mol. The Morgan fingerprint density at radius 2 is 1.80 bits per heavy atom. The van der Waals surface area contributed by atoms with E-state index in [2.05, 4.69) is 5.32 Å². The van der Waals surface area contributed by atoms with Gasteiger partial charge < -0.3 is 10.4 Å². The number of halogens is 3. The Hall–Kier alpha value is -1.27. The van der Waals surface area contributed by atoms with Gasteiger partial charge in [0.1, 0.15) is 5.54 Å². The molecule has 0 aliphatic heterocycles. The molecule has 2 aliphatic carbocycles. The summed E-state index contributed by atoms with van der Waals surface area (Å²) in [4.78, 5) is 23.2. The Bertz CT molecular complexity index is 418. The number of carboxylic acids is 1. The van der Waals surface area contributed by atoms with Gasteiger partial charge in [-0.1, -0.05) is 13.3 Å². The number of carboxylic acid groups (broad SMARTS) is 1. The Labute approximate surface area is 114 Å². The number of nitrogens with one attached hydrogen (secondary N) is 1. The number of carbonyl (C=O) groups excluding carboxylic acids is 1. The van der Waals surface area contributed by atoms with Crippen molar-refractivity contribution in [1.29, 1.82) is 0 Å². The van der Waals surface area contributed by atoms with Crippen molar-refractivity contribution in [3.05, 3.63) is 0 Å². The fourth-order valence-corrected chi connectivity index (χ4v) is 2.97. The number of hydrogen-bond acceptors (Lipinski definition) is 2. The van der Waals surface area contributed by atoms with E-state index in [4.69, 9.17) is 5.11 Å². The molecule has 7 heteroatoms. The third kappa shape index (κ3) is 2.62. The van der Waals surface area contributed by atoms with Crippen molar-refractivity contribution in [1.82, 2.24) is 5.32 Å². The molecule has 0 aromatic rings. The second-order valence-electron chi connectivity index (χ2n) is 5.87. The molecule has 2 fully saturated rings. The van der Waals surface area contributed by atoms with Gasteiger partial charge in [-0.3, -0.25) is 9.59 Å². The minimum atomic E-state index is -4.47. The van der Waals surface area contributed by atoms with Gasteiger partial charge in [-0.05, 0) is 31.6 Å². The largest absolute Gasteiger partial charge is 0.481 e. The molecule has 114 valence electrons. The highest BCUT2D eigenvalue weighted by molar-refractivity contribution is 5.86. The van der Waals surface area contributed by atoms with Crippen molar-refractivity contribution in [3.63, 3.8) is 0 Å². The molecule has 2 N–H and O–H groups in total. The first kappa shape index (κ1) is 15.1. The molecule has 2 saturated carbocycles. The summed E-state index contributed by atoms with van der Waals surface area (Å²) in [7, 11) is 0. The van der Waals surface area contributed by atoms with Crippen LogP contribution < -0.4 is 5.32 Å². The van der Waals surface area contributed by atoms with Crippen LogP contribution in [0.1, 0.15) is 39.0 Å². The first-order valence-corrected chi connectivity index (χ1v) is 6.81. The summed E-state index contributed by atoms with van der Waals surface area (Å²) in [6.45, 7) is 1.89. The van der Waals surface area contributed by atoms with Crippen LogP contribution in [0.4, 0.5) is 13.2 Å². The molecule has 0 bridgehead atoms. The standard InChI is InChI=1S/C13H18F3NO3/c1-2-7-5-8(9(6-7)11(19)20)10(18)17-12(3-4-12)13(14,15)16/h7-9H,2-6H2,1H3,(H,17,18)(H,19,20). The molecule has 20 heavy (non-hydrogen) atoms. The quantitative estimate of drug-likeness (QED) is 0.836. The Balaban J connectivity index is 2.07. The van der Waals surface area contributed by atoms with E-state index in [0.717, 1.165) is 6.42 Å². The zero-order valence-electron chi connectivity index (χ0n) is 11.2. The molecule has 0 radical (unpaired) electrons. The predicted molar refractivity (Wildman–Crippen MR) is 63.8 cm³/mol. The summed E-state index contributed by atoms with van der Waals surface area (Å²) in [5.41, 5.74) is -2.11. The lowest BCUT2D eigenvalue weighted by Crippen LogP contribution is -2.50. The molecule has 2 rings (SSSR count). The smallest absolute Gasteiger partial charge is 0.411 e. The summed E-state index contributed by atoms with van der Waals surface area (Å²) < 4.78 is 38.4. The van der Waals surface area contributed by atoms with Crippen LogP contribution in [-0.2, 0) is 9.59 Å². The number of amides is 1. The van der Waals surface area contributed by atoms with Gasteiger partial charge in [-0.25, -0.2) is 0 Å². The van der Waals surface area contributed by atoms with Crippen LogP contribution in [0.15, 0.2) is 0 Å². The Morgan fingerprint density at radius 1 is 1.25 bits per heavy atom. The number of alkyl halides is 3. The van der Waals surface area contributed by atoms with E-state index in [1.807, 2.05) is 6.92 Å². The van der Waals surface area contributed by atoms with Crippen LogP contribution in [0.2, 0.25) is 0 Å². The number of rotatable bonds is 4. The monoisotopic (exact) mass is 293 g/mol. The Morgan fingerprint density at radius 3 is 2.20 bits per heavy atom. The van der Waals surface area contributed by atoms with Gasteiger partial charge in [0, 0.05) is 0 Å². The highest BCUT2D eigenvalue weighted by Crippen LogP contribution is 2.49. The lowest BCUT2D eigenvalue weighted by atomic mass is 9.95. The van der Waals surface area contributed by atoms with E-state index in [-0.39, 0.29) is 18.8 Å². The van der Waals surface area contributed by atoms with Crippen LogP contribution in [0.5, 0.6) is 0 Å². The fraction of sp³-hybridized carbons (Fsp3) is 0.846. The van der Waals surface area contributed by atoms with Gasteiger partial charge in [-0.2, -0.15) is 13.2 Å². The van der Waals surface area contributed by atoms with Crippen molar-refractivity contribution < 1.29 is 27.9 Å². The second kappa shape index (κ2) is 4.93. The van der Waals surface area contributed by atoms with E-state index in [1.165, 1.54) is 0 Å². The fourth-order valence-electron chi connectivity index (χ4n) is 2.97. The average Bonchev–Trinajstić information content (AvgIpc) is 2.99. The zero-order chi connectivity index (χ0) is 15.1. The van der Waals surface area contributed by atoms with Gasteiger partial charge in [0.05, 0.1) is 11.8 Å². The van der Waals surface area contributed by atoms with E-state index >= 15 is 0 Å². The zero-order valence-corrected chi connectivity index (χ0v) is 11.2.